The Kier molecular flexibility index (Phi) is 3.41. The van der Waals surface area contributed by atoms with Gasteiger partial charge in [-0.05, 0) is 15.9 Å². The summed E-state index contributed by atoms with van der Waals surface area (Å²) in [5.74, 6) is 0.364. The lowest BCUT2D eigenvalue weighted by atomic mass is 10.1. The lowest BCUT2D eigenvalue weighted by Gasteiger charge is -2.16. The second kappa shape index (κ2) is 4.65. The van der Waals surface area contributed by atoms with Gasteiger partial charge in [-0.25, -0.2) is 9.97 Å². The molecule has 2 rings (SSSR count). The standard InChI is InChI=1S/C9H9BrClN3O2/c10-7-8(11)12-4-13-9(7)14-2-5(3-15)1-6(14)16/h4-5,15H,1-3H2. The minimum absolute atomic E-state index is 0.00131. The molecule has 0 radical (unpaired) electrons. The molecule has 1 aromatic heterocycles. The quantitative estimate of drug-likeness (QED) is 0.835. The van der Waals surface area contributed by atoms with Gasteiger partial charge in [-0.15, -0.1) is 0 Å². The summed E-state index contributed by atoms with van der Waals surface area (Å²) < 4.78 is 0.503. The van der Waals surface area contributed by atoms with Gasteiger partial charge in [0.1, 0.15) is 11.5 Å². The molecule has 0 bridgehead atoms. The number of aromatic nitrogens is 2. The summed E-state index contributed by atoms with van der Waals surface area (Å²) in [5, 5.41) is 9.29. The largest absolute Gasteiger partial charge is 0.396 e. The lowest BCUT2D eigenvalue weighted by Crippen LogP contribution is -2.26. The zero-order valence-electron chi connectivity index (χ0n) is 8.23. The van der Waals surface area contributed by atoms with E-state index in [0.29, 0.717) is 23.3 Å². The summed E-state index contributed by atoms with van der Waals surface area (Å²) in [4.78, 5) is 21.0. The number of carbonyl (C=O) groups is 1. The van der Waals surface area contributed by atoms with Gasteiger partial charge in [0.15, 0.2) is 5.82 Å². The van der Waals surface area contributed by atoms with Gasteiger partial charge in [-0.3, -0.25) is 9.69 Å². The monoisotopic (exact) mass is 305 g/mol. The first kappa shape index (κ1) is 11.8. The van der Waals surface area contributed by atoms with E-state index >= 15 is 0 Å². The molecule has 1 fully saturated rings. The smallest absolute Gasteiger partial charge is 0.228 e. The highest BCUT2D eigenvalue weighted by Gasteiger charge is 2.32. The van der Waals surface area contributed by atoms with Crippen LogP contribution in [-0.2, 0) is 4.79 Å². The van der Waals surface area contributed by atoms with Crippen LogP contribution in [0.3, 0.4) is 0 Å². The van der Waals surface area contributed by atoms with Crippen molar-refractivity contribution in [1.82, 2.24) is 9.97 Å². The molecule has 2 heterocycles. The van der Waals surface area contributed by atoms with Crippen LogP contribution in [0.5, 0.6) is 0 Å². The summed E-state index contributed by atoms with van der Waals surface area (Å²) in [6.07, 6.45) is 1.65. The van der Waals surface area contributed by atoms with E-state index in [9.17, 15) is 4.79 Å². The van der Waals surface area contributed by atoms with Crippen LogP contribution in [0.15, 0.2) is 10.8 Å². The Bertz CT molecular complexity index is 429. The Labute approximate surface area is 106 Å². The number of hydrogen-bond donors (Lipinski definition) is 1. The van der Waals surface area contributed by atoms with E-state index in [2.05, 4.69) is 25.9 Å². The van der Waals surface area contributed by atoms with E-state index in [1.54, 1.807) is 0 Å². The molecule has 0 spiro atoms. The fourth-order valence-corrected chi connectivity index (χ4v) is 2.18. The molecule has 0 aliphatic carbocycles. The average molecular weight is 307 g/mol. The zero-order chi connectivity index (χ0) is 11.7. The first-order valence-corrected chi connectivity index (χ1v) is 5.87. The van der Waals surface area contributed by atoms with Crippen LogP contribution in [0.1, 0.15) is 6.42 Å². The van der Waals surface area contributed by atoms with Crippen molar-refractivity contribution in [1.29, 1.82) is 0 Å². The van der Waals surface area contributed by atoms with Gasteiger partial charge >= 0.3 is 0 Å². The van der Waals surface area contributed by atoms with Crippen LogP contribution in [0.25, 0.3) is 0 Å². The molecule has 5 nitrogen and oxygen atoms in total. The molecule has 0 saturated carbocycles. The van der Waals surface area contributed by atoms with Crippen molar-refractivity contribution in [2.24, 2.45) is 5.92 Å². The highest BCUT2D eigenvalue weighted by atomic mass is 79.9. The van der Waals surface area contributed by atoms with Gasteiger partial charge in [0.2, 0.25) is 5.91 Å². The van der Waals surface area contributed by atoms with E-state index in [0.717, 1.165) is 0 Å². The van der Waals surface area contributed by atoms with Gasteiger partial charge in [0.25, 0.3) is 0 Å². The highest BCUT2D eigenvalue weighted by molar-refractivity contribution is 9.10. The molecule has 1 aromatic rings. The molecule has 1 atom stereocenters. The maximum atomic E-state index is 11.7. The van der Waals surface area contributed by atoms with Crippen molar-refractivity contribution >= 4 is 39.3 Å². The number of nitrogens with zero attached hydrogens (tertiary/aromatic N) is 3. The van der Waals surface area contributed by atoms with Crippen LogP contribution >= 0.6 is 27.5 Å². The predicted molar refractivity (Wildman–Crippen MR) is 62.3 cm³/mol. The molecule has 0 aromatic carbocycles. The Hall–Kier alpha value is -0.720. The second-order valence-corrected chi connectivity index (χ2v) is 4.71. The third-order valence-electron chi connectivity index (χ3n) is 2.45. The normalized spacial score (nSPS) is 20.6. The van der Waals surface area contributed by atoms with Gasteiger partial charge in [0.05, 0.1) is 4.47 Å². The number of aliphatic hydroxyl groups is 1. The van der Waals surface area contributed by atoms with Gasteiger partial charge in [-0.2, -0.15) is 0 Å². The maximum Gasteiger partial charge on any atom is 0.228 e. The van der Waals surface area contributed by atoms with Crippen LogP contribution < -0.4 is 4.90 Å². The first-order valence-electron chi connectivity index (χ1n) is 4.70. The molecule has 1 saturated heterocycles. The summed E-state index contributed by atoms with van der Waals surface area (Å²) in [7, 11) is 0. The molecule has 1 amide bonds. The number of hydrogen-bond acceptors (Lipinski definition) is 4. The molecule has 1 aliphatic heterocycles. The predicted octanol–water partition coefficient (Wildman–Crippen LogP) is 1.24. The zero-order valence-corrected chi connectivity index (χ0v) is 10.6. The molecular weight excluding hydrogens is 297 g/mol. The molecule has 16 heavy (non-hydrogen) atoms. The molecule has 1 N–H and O–H groups in total. The van der Waals surface area contributed by atoms with Gasteiger partial charge in [-0.1, -0.05) is 11.6 Å². The number of rotatable bonds is 2. The molecule has 1 aliphatic rings. The van der Waals surface area contributed by atoms with E-state index < -0.39 is 0 Å². The van der Waals surface area contributed by atoms with Crippen LogP contribution in [0.2, 0.25) is 5.15 Å². The van der Waals surface area contributed by atoms with E-state index in [-0.39, 0.29) is 23.6 Å². The summed E-state index contributed by atoms with van der Waals surface area (Å²) in [6, 6.07) is 0. The van der Waals surface area contributed by atoms with E-state index in [4.69, 9.17) is 16.7 Å². The minimum atomic E-state index is -0.0606. The van der Waals surface area contributed by atoms with Crippen molar-refractivity contribution in [2.45, 2.75) is 6.42 Å². The third kappa shape index (κ3) is 2.05. The number of anilines is 1. The molecular formula is C9H9BrClN3O2. The van der Waals surface area contributed by atoms with Crippen molar-refractivity contribution in [3.05, 3.63) is 16.0 Å². The maximum absolute atomic E-state index is 11.7. The van der Waals surface area contributed by atoms with Crippen molar-refractivity contribution in [2.75, 3.05) is 18.1 Å². The fraction of sp³-hybridized carbons (Fsp3) is 0.444. The van der Waals surface area contributed by atoms with Crippen LogP contribution in [0, 0.1) is 5.92 Å². The Morgan fingerprint density at radius 3 is 3.00 bits per heavy atom. The van der Waals surface area contributed by atoms with Gasteiger partial charge in [0, 0.05) is 25.5 Å². The number of halogens is 2. The number of carbonyl (C=O) groups excluding carboxylic acids is 1. The Morgan fingerprint density at radius 1 is 1.62 bits per heavy atom. The lowest BCUT2D eigenvalue weighted by molar-refractivity contribution is -0.117. The minimum Gasteiger partial charge on any atom is -0.396 e. The van der Waals surface area contributed by atoms with E-state index in [1.807, 2.05) is 0 Å². The topological polar surface area (TPSA) is 66.3 Å². The van der Waals surface area contributed by atoms with Crippen molar-refractivity contribution in [3.8, 4) is 0 Å². The SMILES string of the molecule is O=C1CC(CO)CN1c1ncnc(Cl)c1Br. The van der Waals surface area contributed by atoms with Crippen molar-refractivity contribution < 1.29 is 9.90 Å². The Morgan fingerprint density at radius 2 is 2.38 bits per heavy atom. The summed E-state index contributed by atoms with van der Waals surface area (Å²) in [5.41, 5.74) is 0. The third-order valence-corrected chi connectivity index (χ3v) is 3.69. The fourth-order valence-electron chi connectivity index (χ4n) is 1.64. The first-order chi connectivity index (χ1) is 7.63. The molecule has 7 heteroatoms. The van der Waals surface area contributed by atoms with Crippen LogP contribution in [-0.4, -0.2) is 34.1 Å². The second-order valence-electron chi connectivity index (χ2n) is 3.56. The molecule has 1 unspecified atom stereocenters. The van der Waals surface area contributed by atoms with E-state index in [1.165, 1.54) is 11.2 Å². The number of aliphatic hydroxyl groups excluding tert-OH is 1. The Balaban J connectivity index is 2.31. The average Bonchev–Trinajstić information content (AvgIpc) is 2.64. The van der Waals surface area contributed by atoms with Crippen LogP contribution in [0.4, 0.5) is 5.82 Å². The highest BCUT2D eigenvalue weighted by Crippen LogP contribution is 2.32. The van der Waals surface area contributed by atoms with Gasteiger partial charge < -0.3 is 5.11 Å². The number of amides is 1. The molecule has 86 valence electrons. The summed E-state index contributed by atoms with van der Waals surface area (Å²) >= 11 is 9.07. The van der Waals surface area contributed by atoms with Crippen molar-refractivity contribution in [3.63, 3.8) is 0 Å². The summed E-state index contributed by atoms with van der Waals surface area (Å²) in [6.45, 7) is 0.458.